The molecule has 0 spiro atoms. The van der Waals surface area contributed by atoms with Gasteiger partial charge in [-0.15, -0.1) is 0 Å². The van der Waals surface area contributed by atoms with Crippen LogP contribution in [0.4, 0.5) is 11.5 Å². The number of fused-ring (bicyclic) bond motifs is 2. The second kappa shape index (κ2) is 8.08. The second-order valence-corrected chi connectivity index (χ2v) is 8.35. The number of ether oxygens (including phenoxy) is 1. The highest BCUT2D eigenvalue weighted by molar-refractivity contribution is 6.12. The molecule has 1 aliphatic rings. The third-order valence-corrected chi connectivity index (χ3v) is 5.78. The van der Waals surface area contributed by atoms with Crippen molar-refractivity contribution in [2.45, 2.75) is 12.8 Å². The lowest BCUT2D eigenvalue weighted by Gasteiger charge is -2.09. The van der Waals surface area contributed by atoms with Crippen molar-refractivity contribution in [1.29, 1.82) is 0 Å². The minimum atomic E-state index is -0.199. The molecule has 0 bridgehead atoms. The van der Waals surface area contributed by atoms with E-state index in [1.165, 1.54) is 0 Å². The normalized spacial score (nSPS) is 13.2. The summed E-state index contributed by atoms with van der Waals surface area (Å²) in [4.78, 5) is 32.4. The van der Waals surface area contributed by atoms with Crippen LogP contribution in [0.2, 0.25) is 0 Å². The maximum absolute atomic E-state index is 12.8. The quantitative estimate of drug-likeness (QED) is 0.330. The fraction of sp³-hybridized carbons (Fsp3) is 0.115. The van der Waals surface area contributed by atoms with Gasteiger partial charge in [-0.1, -0.05) is 24.3 Å². The SMILES string of the molecule is O=C(Nc1cccc(Oc2ccc3nc(NC(=O)C4CC4)cn3c2)c1)c1c[nH]c2ccccc12. The predicted molar refractivity (Wildman–Crippen MR) is 129 cm³/mol. The molecule has 0 aliphatic heterocycles. The molecule has 168 valence electrons. The number of aromatic nitrogens is 3. The highest BCUT2D eigenvalue weighted by Gasteiger charge is 2.30. The molecule has 1 saturated carbocycles. The minimum Gasteiger partial charge on any atom is -0.456 e. The van der Waals surface area contributed by atoms with E-state index in [9.17, 15) is 9.59 Å². The van der Waals surface area contributed by atoms with Crippen molar-refractivity contribution in [1.82, 2.24) is 14.4 Å². The van der Waals surface area contributed by atoms with Crippen LogP contribution in [0.5, 0.6) is 11.5 Å². The number of pyridine rings is 1. The molecule has 8 heteroatoms. The summed E-state index contributed by atoms with van der Waals surface area (Å²) >= 11 is 0. The number of hydrogen-bond donors (Lipinski definition) is 3. The van der Waals surface area contributed by atoms with Crippen LogP contribution in [0.25, 0.3) is 16.6 Å². The van der Waals surface area contributed by atoms with E-state index >= 15 is 0 Å². The number of H-pyrrole nitrogens is 1. The Morgan fingerprint density at radius 2 is 1.85 bits per heavy atom. The summed E-state index contributed by atoms with van der Waals surface area (Å²) in [6.07, 6.45) is 7.16. The average molecular weight is 451 g/mol. The van der Waals surface area contributed by atoms with Gasteiger partial charge in [-0.2, -0.15) is 0 Å². The van der Waals surface area contributed by atoms with E-state index in [2.05, 4.69) is 20.6 Å². The molecule has 3 heterocycles. The Kier molecular flexibility index (Phi) is 4.76. The first kappa shape index (κ1) is 20.0. The molecule has 6 rings (SSSR count). The number of nitrogens with one attached hydrogen (secondary N) is 3. The number of amides is 2. The molecule has 2 amide bonds. The van der Waals surface area contributed by atoms with Gasteiger partial charge in [0.2, 0.25) is 5.91 Å². The summed E-state index contributed by atoms with van der Waals surface area (Å²) < 4.78 is 7.82. The van der Waals surface area contributed by atoms with Crippen LogP contribution in [0.1, 0.15) is 23.2 Å². The molecule has 0 unspecified atom stereocenters. The molecule has 3 N–H and O–H groups in total. The molecular weight excluding hydrogens is 430 g/mol. The van der Waals surface area contributed by atoms with Gasteiger partial charge in [0.1, 0.15) is 17.1 Å². The van der Waals surface area contributed by atoms with Crippen molar-refractivity contribution in [3.05, 3.63) is 84.8 Å². The van der Waals surface area contributed by atoms with Gasteiger partial charge in [-0.05, 0) is 43.2 Å². The molecule has 1 fully saturated rings. The van der Waals surface area contributed by atoms with E-state index in [1.54, 1.807) is 29.1 Å². The van der Waals surface area contributed by atoms with E-state index in [-0.39, 0.29) is 17.7 Å². The zero-order valence-electron chi connectivity index (χ0n) is 18.1. The monoisotopic (exact) mass is 451 g/mol. The zero-order chi connectivity index (χ0) is 23.1. The minimum absolute atomic E-state index is 0.0198. The zero-order valence-corrected chi connectivity index (χ0v) is 18.1. The molecule has 0 radical (unpaired) electrons. The van der Waals surface area contributed by atoms with E-state index in [4.69, 9.17) is 4.74 Å². The molecular formula is C26H21N5O3. The maximum atomic E-state index is 12.8. The Morgan fingerprint density at radius 3 is 2.74 bits per heavy atom. The number of para-hydroxylation sites is 1. The maximum Gasteiger partial charge on any atom is 0.257 e. The Balaban J connectivity index is 1.17. The lowest BCUT2D eigenvalue weighted by Crippen LogP contribution is -2.13. The van der Waals surface area contributed by atoms with Gasteiger partial charge in [0, 0.05) is 34.8 Å². The summed E-state index contributed by atoms with van der Waals surface area (Å²) in [7, 11) is 0. The number of nitrogens with zero attached hydrogens (tertiary/aromatic N) is 2. The molecule has 2 aromatic carbocycles. The topological polar surface area (TPSA) is 101 Å². The highest BCUT2D eigenvalue weighted by Crippen LogP contribution is 2.30. The van der Waals surface area contributed by atoms with E-state index in [0.29, 0.717) is 34.2 Å². The third-order valence-electron chi connectivity index (χ3n) is 5.78. The largest absolute Gasteiger partial charge is 0.456 e. The van der Waals surface area contributed by atoms with Crippen molar-refractivity contribution < 1.29 is 14.3 Å². The van der Waals surface area contributed by atoms with Crippen LogP contribution in [-0.4, -0.2) is 26.2 Å². The Bertz CT molecular complexity index is 1550. The number of imidazole rings is 1. The van der Waals surface area contributed by atoms with Crippen LogP contribution in [-0.2, 0) is 4.79 Å². The van der Waals surface area contributed by atoms with Gasteiger partial charge >= 0.3 is 0 Å². The van der Waals surface area contributed by atoms with Crippen LogP contribution in [0.3, 0.4) is 0 Å². The first-order chi connectivity index (χ1) is 16.6. The van der Waals surface area contributed by atoms with Crippen molar-refractivity contribution in [3.63, 3.8) is 0 Å². The number of rotatable bonds is 6. The van der Waals surface area contributed by atoms with Crippen LogP contribution >= 0.6 is 0 Å². The summed E-state index contributed by atoms with van der Waals surface area (Å²) in [5.74, 6) is 1.65. The molecule has 34 heavy (non-hydrogen) atoms. The number of carbonyl (C=O) groups excluding carboxylic acids is 2. The van der Waals surface area contributed by atoms with E-state index < -0.39 is 0 Å². The van der Waals surface area contributed by atoms with Gasteiger partial charge in [0.05, 0.1) is 18.0 Å². The van der Waals surface area contributed by atoms with Crippen LogP contribution < -0.4 is 15.4 Å². The highest BCUT2D eigenvalue weighted by atomic mass is 16.5. The van der Waals surface area contributed by atoms with Crippen LogP contribution in [0, 0.1) is 5.92 Å². The smallest absolute Gasteiger partial charge is 0.257 e. The summed E-state index contributed by atoms with van der Waals surface area (Å²) in [6, 6.07) is 18.5. The van der Waals surface area contributed by atoms with E-state index in [1.807, 2.05) is 54.6 Å². The Labute approximate surface area is 194 Å². The molecule has 0 atom stereocenters. The lowest BCUT2D eigenvalue weighted by molar-refractivity contribution is -0.117. The Hall–Kier alpha value is -4.59. The summed E-state index contributed by atoms with van der Waals surface area (Å²) in [5.41, 5.74) is 2.83. The number of aromatic amines is 1. The van der Waals surface area contributed by atoms with Gasteiger partial charge in [-0.25, -0.2) is 4.98 Å². The molecule has 1 aliphatic carbocycles. The summed E-state index contributed by atoms with van der Waals surface area (Å²) in [5, 5.41) is 6.66. The Morgan fingerprint density at radius 1 is 0.971 bits per heavy atom. The molecule has 8 nitrogen and oxygen atoms in total. The van der Waals surface area contributed by atoms with Crippen molar-refractivity contribution in [2.24, 2.45) is 5.92 Å². The standard InChI is InChI=1S/C26H21N5O3/c32-25(16-8-9-16)30-23-15-31-14-19(10-11-24(31)29-23)34-18-5-3-4-17(12-18)28-26(33)21-13-27-22-7-2-1-6-20(21)22/h1-7,10-16,27H,8-9H2,(H,28,33)(H,30,32). The van der Waals surface area contributed by atoms with Crippen molar-refractivity contribution in [3.8, 4) is 11.5 Å². The molecule has 5 aromatic rings. The van der Waals surface area contributed by atoms with Crippen molar-refractivity contribution in [2.75, 3.05) is 10.6 Å². The number of anilines is 2. The van der Waals surface area contributed by atoms with E-state index in [0.717, 1.165) is 23.7 Å². The number of carbonyl (C=O) groups is 2. The van der Waals surface area contributed by atoms with Crippen molar-refractivity contribution >= 4 is 39.9 Å². The molecule has 0 saturated heterocycles. The van der Waals surface area contributed by atoms with Gasteiger partial charge < -0.3 is 24.8 Å². The summed E-state index contributed by atoms with van der Waals surface area (Å²) in [6.45, 7) is 0. The average Bonchev–Trinajstić information content (AvgIpc) is 3.48. The molecule has 3 aromatic heterocycles. The second-order valence-electron chi connectivity index (χ2n) is 8.35. The van der Waals surface area contributed by atoms with Gasteiger partial charge in [-0.3, -0.25) is 9.59 Å². The van der Waals surface area contributed by atoms with Crippen LogP contribution in [0.15, 0.2) is 79.3 Å². The fourth-order valence-corrected chi connectivity index (χ4v) is 3.90. The number of hydrogen-bond acceptors (Lipinski definition) is 4. The first-order valence-corrected chi connectivity index (χ1v) is 11.1. The number of benzene rings is 2. The third kappa shape index (κ3) is 3.97. The lowest BCUT2D eigenvalue weighted by atomic mass is 10.1. The van der Waals surface area contributed by atoms with Gasteiger partial charge in [0.15, 0.2) is 5.82 Å². The first-order valence-electron chi connectivity index (χ1n) is 11.1. The predicted octanol–water partition coefficient (Wildman–Crippen LogP) is 5.21. The fourth-order valence-electron chi connectivity index (χ4n) is 3.90. The van der Waals surface area contributed by atoms with Gasteiger partial charge in [0.25, 0.3) is 5.91 Å².